The summed E-state index contributed by atoms with van der Waals surface area (Å²) in [5, 5.41) is 3.57. The van der Waals surface area contributed by atoms with Crippen molar-refractivity contribution in [2.24, 2.45) is 0 Å². The number of benzene rings is 2. The first-order valence-electron chi connectivity index (χ1n) is 9.04. The van der Waals surface area contributed by atoms with E-state index < -0.39 is 6.04 Å². The van der Waals surface area contributed by atoms with Gasteiger partial charge < -0.3 is 10.1 Å². The maximum Gasteiger partial charge on any atom is 0.256 e. The zero-order chi connectivity index (χ0) is 18.8. The molecule has 0 bridgehead atoms. The molecule has 27 heavy (non-hydrogen) atoms. The molecule has 4 rings (SSSR count). The zero-order valence-electron chi connectivity index (χ0n) is 14.8. The highest BCUT2D eigenvalue weighted by Gasteiger charge is 2.40. The van der Waals surface area contributed by atoms with Crippen molar-refractivity contribution < 1.29 is 19.2 Å². The normalized spacial score (nSPS) is 20.9. The number of morpholine rings is 1. The molecule has 6 nitrogen and oxygen atoms in total. The molecular formula is C20H21ClN3O3+. The van der Waals surface area contributed by atoms with Gasteiger partial charge in [0, 0.05) is 17.8 Å². The van der Waals surface area contributed by atoms with Crippen LogP contribution in [0.1, 0.15) is 6.42 Å². The SMILES string of the molecule is O=C1CC(Nc2ccc([NH+]3CCOCC3)cc2)C(=O)N1c1ccccc1Cl. The number of anilines is 2. The van der Waals surface area contributed by atoms with E-state index >= 15 is 0 Å². The summed E-state index contributed by atoms with van der Waals surface area (Å²) < 4.78 is 5.39. The summed E-state index contributed by atoms with van der Waals surface area (Å²) in [6.45, 7) is 3.45. The van der Waals surface area contributed by atoms with Gasteiger partial charge in [-0.15, -0.1) is 0 Å². The van der Waals surface area contributed by atoms with Crippen LogP contribution in [-0.2, 0) is 14.3 Å². The van der Waals surface area contributed by atoms with Crippen LogP contribution in [-0.4, -0.2) is 44.2 Å². The quantitative estimate of drug-likeness (QED) is 0.784. The van der Waals surface area contributed by atoms with Gasteiger partial charge in [-0.2, -0.15) is 0 Å². The number of rotatable bonds is 4. The molecule has 140 valence electrons. The first-order chi connectivity index (χ1) is 13.1. The number of imide groups is 1. The van der Waals surface area contributed by atoms with E-state index in [1.807, 2.05) is 12.1 Å². The molecule has 2 saturated heterocycles. The van der Waals surface area contributed by atoms with Crippen molar-refractivity contribution in [2.45, 2.75) is 12.5 Å². The molecule has 1 atom stereocenters. The number of hydrogen-bond donors (Lipinski definition) is 2. The Morgan fingerprint density at radius 1 is 1.04 bits per heavy atom. The molecule has 1 unspecified atom stereocenters. The minimum absolute atomic E-state index is 0.112. The fourth-order valence-electron chi connectivity index (χ4n) is 3.54. The third kappa shape index (κ3) is 3.69. The second kappa shape index (κ2) is 7.68. The monoisotopic (exact) mass is 386 g/mol. The van der Waals surface area contributed by atoms with Crippen LogP contribution < -0.4 is 15.1 Å². The first kappa shape index (κ1) is 18.0. The van der Waals surface area contributed by atoms with Crippen molar-refractivity contribution >= 4 is 40.5 Å². The van der Waals surface area contributed by atoms with Crippen LogP contribution in [0.3, 0.4) is 0 Å². The number of amides is 2. The van der Waals surface area contributed by atoms with Crippen LogP contribution >= 0.6 is 11.6 Å². The molecular weight excluding hydrogens is 366 g/mol. The maximum atomic E-state index is 12.8. The van der Waals surface area contributed by atoms with Crippen LogP contribution in [0, 0.1) is 0 Å². The predicted octanol–water partition coefficient (Wildman–Crippen LogP) is 1.63. The average molecular weight is 387 g/mol. The van der Waals surface area contributed by atoms with Gasteiger partial charge in [-0.3, -0.25) is 14.5 Å². The number of halogens is 1. The van der Waals surface area contributed by atoms with Gasteiger partial charge in [0.25, 0.3) is 5.91 Å². The number of carbonyl (C=O) groups is 2. The minimum atomic E-state index is -0.588. The van der Waals surface area contributed by atoms with Gasteiger partial charge in [-0.05, 0) is 24.3 Å². The molecule has 0 radical (unpaired) electrons. The van der Waals surface area contributed by atoms with Crippen molar-refractivity contribution in [3.63, 3.8) is 0 Å². The number of quaternary nitrogens is 1. The number of carbonyl (C=O) groups excluding carboxylic acids is 2. The van der Waals surface area contributed by atoms with Crippen molar-refractivity contribution in [3.8, 4) is 0 Å². The van der Waals surface area contributed by atoms with E-state index in [4.69, 9.17) is 16.3 Å². The van der Waals surface area contributed by atoms with Gasteiger partial charge in [0.2, 0.25) is 5.91 Å². The summed E-state index contributed by atoms with van der Waals surface area (Å²) in [4.78, 5) is 27.7. The number of nitrogens with one attached hydrogen (secondary N) is 2. The highest BCUT2D eigenvalue weighted by atomic mass is 35.5. The van der Waals surface area contributed by atoms with Gasteiger partial charge in [0.05, 0.1) is 30.3 Å². The van der Waals surface area contributed by atoms with E-state index in [-0.39, 0.29) is 18.2 Å². The third-order valence-electron chi connectivity index (χ3n) is 4.97. The highest BCUT2D eigenvalue weighted by Crippen LogP contribution is 2.30. The van der Waals surface area contributed by atoms with Gasteiger partial charge in [-0.25, -0.2) is 4.90 Å². The number of hydrogen-bond acceptors (Lipinski definition) is 4. The van der Waals surface area contributed by atoms with E-state index in [9.17, 15) is 9.59 Å². The van der Waals surface area contributed by atoms with Crippen molar-refractivity contribution in [3.05, 3.63) is 53.6 Å². The van der Waals surface area contributed by atoms with E-state index in [1.165, 1.54) is 15.5 Å². The van der Waals surface area contributed by atoms with Crippen molar-refractivity contribution in [1.29, 1.82) is 0 Å². The fourth-order valence-corrected chi connectivity index (χ4v) is 3.76. The summed E-state index contributed by atoms with van der Waals surface area (Å²) in [5.41, 5.74) is 2.46. The zero-order valence-corrected chi connectivity index (χ0v) is 15.5. The van der Waals surface area contributed by atoms with Crippen LogP contribution in [0.5, 0.6) is 0 Å². The van der Waals surface area contributed by atoms with E-state index in [0.717, 1.165) is 32.0 Å². The highest BCUT2D eigenvalue weighted by molar-refractivity contribution is 6.36. The third-order valence-corrected chi connectivity index (χ3v) is 5.29. The molecule has 2 aliphatic heterocycles. The van der Waals surface area contributed by atoms with Gasteiger partial charge >= 0.3 is 0 Å². The van der Waals surface area contributed by atoms with Crippen LogP contribution in [0.15, 0.2) is 48.5 Å². The lowest BCUT2D eigenvalue weighted by Gasteiger charge is -2.23. The minimum Gasteiger partial charge on any atom is -0.373 e. The number of para-hydroxylation sites is 1. The summed E-state index contributed by atoms with van der Waals surface area (Å²) in [7, 11) is 0. The lowest BCUT2D eigenvalue weighted by atomic mass is 10.2. The lowest BCUT2D eigenvalue weighted by Crippen LogP contribution is -3.09. The van der Waals surface area contributed by atoms with E-state index in [2.05, 4.69) is 17.4 Å². The van der Waals surface area contributed by atoms with Crippen molar-refractivity contribution in [1.82, 2.24) is 0 Å². The summed E-state index contributed by atoms with van der Waals surface area (Å²) in [6.07, 6.45) is 0.112. The van der Waals surface area contributed by atoms with Gasteiger partial charge in [0.15, 0.2) is 0 Å². The first-order valence-corrected chi connectivity index (χ1v) is 9.42. The maximum absolute atomic E-state index is 12.8. The second-order valence-corrected chi connectivity index (χ2v) is 7.12. The predicted molar refractivity (Wildman–Crippen MR) is 104 cm³/mol. The molecule has 2 aromatic rings. The molecule has 2 heterocycles. The van der Waals surface area contributed by atoms with Crippen LogP contribution in [0.25, 0.3) is 0 Å². The molecule has 0 aliphatic carbocycles. The van der Waals surface area contributed by atoms with Crippen LogP contribution in [0.2, 0.25) is 5.02 Å². The Hall–Kier alpha value is -2.41. The standard InChI is InChI=1S/C20H20ClN3O3/c21-16-3-1-2-4-18(16)24-19(25)13-17(20(24)26)22-14-5-7-15(8-6-14)23-9-11-27-12-10-23/h1-8,17,22H,9-13H2/p+1. The molecule has 2 aliphatic rings. The van der Waals surface area contributed by atoms with E-state index in [1.54, 1.807) is 24.3 Å². The summed E-state index contributed by atoms with van der Waals surface area (Å²) >= 11 is 6.16. The summed E-state index contributed by atoms with van der Waals surface area (Å²) in [5.74, 6) is -0.532. The topological polar surface area (TPSA) is 63.1 Å². The molecule has 0 spiro atoms. The molecule has 0 aromatic heterocycles. The molecule has 2 N–H and O–H groups in total. The number of ether oxygens (including phenoxy) is 1. The smallest absolute Gasteiger partial charge is 0.256 e. The molecule has 0 saturated carbocycles. The Balaban J connectivity index is 1.46. The molecule has 2 aromatic carbocycles. The Kier molecular flexibility index (Phi) is 5.11. The van der Waals surface area contributed by atoms with Crippen LogP contribution in [0.4, 0.5) is 17.1 Å². The molecule has 7 heteroatoms. The summed E-state index contributed by atoms with van der Waals surface area (Å²) in [6, 6.07) is 14.3. The largest absolute Gasteiger partial charge is 0.373 e. The molecule has 2 amide bonds. The molecule has 2 fully saturated rings. The van der Waals surface area contributed by atoms with E-state index in [0.29, 0.717) is 10.7 Å². The Labute approximate surface area is 162 Å². The second-order valence-electron chi connectivity index (χ2n) is 6.71. The Bertz CT molecular complexity index is 850. The van der Waals surface area contributed by atoms with Gasteiger partial charge in [0.1, 0.15) is 24.8 Å². The lowest BCUT2D eigenvalue weighted by molar-refractivity contribution is -0.842. The average Bonchev–Trinajstić information content (AvgIpc) is 2.97. The Morgan fingerprint density at radius 2 is 1.74 bits per heavy atom. The van der Waals surface area contributed by atoms with Gasteiger partial charge in [-0.1, -0.05) is 23.7 Å². The Morgan fingerprint density at radius 3 is 2.44 bits per heavy atom. The van der Waals surface area contributed by atoms with Crippen molar-refractivity contribution in [2.75, 3.05) is 36.5 Å². The fraction of sp³-hybridized carbons (Fsp3) is 0.300. The number of nitrogens with zero attached hydrogens (tertiary/aromatic N) is 1.